The van der Waals surface area contributed by atoms with Gasteiger partial charge in [-0.2, -0.15) is 50.5 Å². The lowest BCUT2D eigenvalue weighted by atomic mass is 10.2. The Bertz CT molecular complexity index is 247. The first-order valence-corrected chi connectivity index (χ1v) is 9.94. The van der Waals surface area contributed by atoms with Gasteiger partial charge in [0.2, 0.25) is 0 Å². The monoisotopic (exact) mass is 388 g/mol. The van der Waals surface area contributed by atoms with Crippen LogP contribution >= 0.6 is 75.0 Å². The maximum atomic E-state index is 5.49. The summed E-state index contributed by atoms with van der Waals surface area (Å²) in [5.74, 6) is 3.18. The Morgan fingerprint density at radius 2 is 0.850 bits per heavy atom. The lowest BCUT2D eigenvalue weighted by molar-refractivity contribution is 0.461. The van der Waals surface area contributed by atoms with Crippen LogP contribution in [0.15, 0.2) is 0 Å². The van der Waals surface area contributed by atoms with Gasteiger partial charge < -0.3 is 9.80 Å². The molecule has 0 amide bonds. The molecule has 0 rings (SSSR count). The zero-order valence-corrected chi connectivity index (χ0v) is 16.8. The van der Waals surface area contributed by atoms with Crippen LogP contribution in [0.5, 0.6) is 0 Å². The molecule has 0 aliphatic rings. The topological polar surface area (TPSA) is 6.48 Å². The minimum absolute atomic E-state index is 0.795. The smallest absolute Gasteiger partial charge is 0.0784 e. The van der Waals surface area contributed by atoms with Gasteiger partial charge in [0, 0.05) is 62.0 Å². The Morgan fingerprint density at radius 1 is 0.600 bits per heavy atom. The Balaban J connectivity index is 4.27. The average Bonchev–Trinajstić information content (AvgIpc) is 2.44. The van der Waals surface area contributed by atoms with Crippen LogP contribution in [0, 0.1) is 0 Å². The van der Waals surface area contributed by atoms with Crippen LogP contribution in [0.2, 0.25) is 0 Å². The zero-order chi connectivity index (χ0) is 15.4. The first-order chi connectivity index (χ1) is 9.60. The predicted molar refractivity (Wildman–Crippen MR) is 113 cm³/mol. The Kier molecular flexibility index (Phi) is 14.6. The van der Waals surface area contributed by atoms with E-state index in [0.717, 1.165) is 72.0 Å². The quantitative estimate of drug-likeness (QED) is 0.319. The summed E-state index contributed by atoms with van der Waals surface area (Å²) in [6, 6.07) is 0. The Labute approximate surface area is 156 Å². The molecule has 118 valence electrons. The van der Waals surface area contributed by atoms with Crippen molar-refractivity contribution in [1.82, 2.24) is 9.80 Å². The fourth-order valence-corrected chi connectivity index (χ4v) is 3.27. The molecule has 0 aliphatic carbocycles. The number of hydrogen-bond acceptors (Lipinski definition) is 6. The fourth-order valence-electron chi connectivity index (χ4n) is 1.74. The van der Waals surface area contributed by atoms with Crippen LogP contribution in [-0.4, -0.2) is 69.0 Å². The summed E-state index contributed by atoms with van der Waals surface area (Å²) in [4.78, 5) is 6.23. The standard InChI is InChI=1S/C12H24N2S6/c15-7-3-13(4-8-16)11(19)1-2-12(20)14(5-9-17)6-10-18/h15-18H,1-10H2. The second kappa shape index (κ2) is 13.8. The molecule has 0 heterocycles. The van der Waals surface area contributed by atoms with Gasteiger partial charge in [-0.15, -0.1) is 0 Å². The summed E-state index contributed by atoms with van der Waals surface area (Å²) in [6.07, 6.45) is 1.62. The van der Waals surface area contributed by atoms with Gasteiger partial charge in [-0.1, -0.05) is 24.4 Å². The predicted octanol–water partition coefficient (Wildman–Crippen LogP) is 2.74. The van der Waals surface area contributed by atoms with Gasteiger partial charge in [0.25, 0.3) is 0 Å². The van der Waals surface area contributed by atoms with Crippen LogP contribution in [0.1, 0.15) is 12.8 Å². The number of nitrogens with zero attached hydrogens (tertiary/aromatic N) is 2. The van der Waals surface area contributed by atoms with E-state index >= 15 is 0 Å². The van der Waals surface area contributed by atoms with Crippen molar-refractivity contribution in [3.8, 4) is 0 Å². The van der Waals surface area contributed by atoms with E-state index in [1.54, 1.807) is 0 Å². The summed E-state index contributed by atoms with van der Waals surface area (Å²) in [6.45, 7) is 3.47. The molecule has 0 spiro atoms. The summed E-state index contributed by atoms with van der Waals surface area (Å²) in [7, 11) is 0. The molecule has 0 fully saturated rings. The van der Waals surface area contributed by atoms with E-state index in [4.69, 9.17) is 24.4 Å². The highest BCUT2D eigenvalue weighted by Crippen LogP contribution is 2.07. The van der Waals surface area contributed by atoms with Crippen LogP contribution < -0.4 is 0 Å². The second-order valence-electron chi connectivity index (χ2n) is 4.16. The van der Waals surface area contributed by atoms with Gasteiger partial charge in [-0.25, -0.2) is 0 Å². The summed E-state index contributed by atoms with van der Waals surface area (Å²) in [5, 5.41) is 0. The van der Waals surface area contributed by atoms with Gasteiger partial charge in [-0.3, -0.25) is 0 Å². The van der Waals surface area contributed by atoms with Crippen LogP contribution in [0.3, 0.4) is 0 Å². The molecule has 0 aromatic carbocycles. The Hall–Kier alpha value is 1.18. The van der Waals surface area contributed by atoms with Crippen LogP contribution in [-0.2, 0) is 0 Å². The minimum Gasteiger partial charge on any atom is -0.365 e. The third kappa shape index (κ3) is 9.25. The highest BCUT2D eigenvalue weighted by Gasteiger charge is 2.12. The van der Waals surface area contributed by atoms with Crippen molar-refractivity contribution in [2.45, 2.75) is 12.8 Å². The molecule has 0 atom stereocenters. The van der Waals surface area contributed by atoms with Crippen molar-refractivity contribution in [3.05, 3.63) is 0 Å². The van der Waals surface area contributed by atoms with E-state index < -0.39 is 0 Å². The van der Waals surface area contributed by atoms with E-state index in [0.29, 0.717) is 0 Å². The molecule has 0 bridgehead atoms. The third-order valence-electron chi connectivity index (χ3n) is 2.74. The molecule has 0 radical (unpaired) electrons. The lowest BCUT2D eigenvalue weighted by Gasteiger charge is -2.27. The SMILES string of the molecule is S=C(CCC(=S)N(CCS)CCS)N(CCS)CCS. The van der Waals surface area contributed by atoms with Crippen molar-refractivity contribution in [2.24, 2.45) is 0 Å². The minimum atomic E-state index is 0.795. The molecule has 0 aromatic heterocycles. The molecule has 0 aromatic rings. The highest BCUT2D eigenvalue weighted by molar-refractivity contribution is 7.81. The molecule has 0 N–H and O–H groups in total. The summed E-state index contributed by atoms with van der Waals surface area (Å²) < 4.78 is 0. The van der Waals surface area contributed by atoms with E-state index in [1.165, 1.54) is 0 Å². The van der Waals surface area contributed by atoms with Crippen molar-refractivity contribution < 1.29 is 0 Å². The molecule has 2 nitrogen and oxygen atoms in total. The molecule has 0 saturated carbocycles. The fraction of sp³-hybridized carbons (Fsp3) is 0.833. The molecular weight excluding hydrogens is 365 g/mol. The summed E-state index contributed by atoms with van der Waals surface area (Å²) >= 11 is 28.0. The number of hydrogen-bond donors (Lipinski definition) is 4. The van der Waals surface area contributed by atoms with Crippen molar-refractivity contribution in [2.75, 3.05) is 49.2 Å². The maximum Gasteiger partial charge on any atom is 0.0784 e. The van der Waals surface area contributed by atoms with Gasteiger partial charge >= 0.3 is 0 Å². The maximum absolute atomic E-state index is 5.49. The van der Waals surface area contributed by atoms with Crippen molar-refractivity contribution in [1.29, 1.82) is 0 Å². The van der Waals surface area contributed by atoms with Crippen LogP contribution in [0.25, 0.3) is 0 Å². The number of rotatable bonds is 11. The van der Waals surface area contributed by atoms with Crippen molar-refractivity contribution >= 4 is 84.9 Å². The Morgan fingerprint density at radius 3 is 1.05 bits per heavy atom. The van der Waals surface area contributed by atoms with E-state index in [2.05, 4.69) is 60.3 Å². The molecule has 0 aliphatic heterocycles. The van der Waals surface area contributed by atoms with Gasteiger partial charge in [0.1, 0.15) is 0 Å². The summed E-state index contributed by atoms with van der Waals surface area (Å²) in [5.41, 5.74) is 0. The van der Waals surface area contributed by atoms with E-state index in [-0.39, 0.29) is 0 Å². The normalized spacial score (nSPS) is 10.4. The molecule has 20 heavy (non-hydrogen) atoms. The molecule has 8 heteroatoms. The first kappa shape index (κ1) is 21.2. The number of thiol groups is 4. The van der Waals surface area contributed by atoms with E-state index in [9.17, 15) is 0 Å². The van der Waals surface area contributed by atoms with Crippen molar-refractivity contribution in [3.63, 3.8) is 0 Å². The average molecular weight is 389 g/mol. The highest BCUT2D eigenvalue weighted by atomic mass is 32.1. The first-order valence-electron chi connectivity index (χ1n) is 6.59. The van der Waals surface area contributed by atoms with E-state index in [1.807, 2.05) is 0 Å². The van der Waals surface area contributed by atoms with Gasteiger partial charge in [0.05, 0.1) is 9.98 Å². The largest absolute Gasteiger partial charge is 0.365 e. The third-order valence-corrected chi connectivity index (χ3v) is 4.46. The molecule has 0 unspecified atom stereocenters. The molecule has 0 saturated heterocycles. The number of thiocarbonyl (C=S) groups is 2. The zero-order valence-electron chi connectivity index (χ0n) is 11.6. The van der Waals surface area contributed by atoms with Crippen LogP contribution in [0.4, 0.5) is 0 Å². The lowest BCUT2D eigenvalue weighted by Crippen LogP contribution is -2.36. The van der Waals surface area contributed by atoms with Gasteiger partial charge in [-0.05, 0) is 0 Å². The molecular formula is C12H24N2S6. The van der Waals surface area contributed by atoms with Gasteiger partial charge in [0.15, 0.2) is 0 Å². The second-order valence-corrected chi connectivity index (χ2v) is 6.89.